The van der Waals surface area contributed by atoms with Gasteiger partial charge >= 0.3 is 0 Å². The van der Waals surface area contributed by atoms with E-state index in [1.54, 1.807) is 0 Å². The molecule has 0 N–H and O–H groups in total. The van der Waals surface area contributed by atoms with Gasteiger partial charge in [0, 0.05) is 5.56 Å². The molecule has 0 radical (unpaired) electrons. The second kappa shape index (κ2) is 6.60. The van der Waals surface area contributed by atoms with Crippen molar-refractivity contribution in [1.29, 1.82) is 0 Å². The Morgan fingerprint density at radius 3 is 2.68 bits per heavy atom. The number of benzene rings is 1. The van der Waals surface area contributed by atoms with Crippen LogP contribution in [0.5, 0.6) is 0 Å². The van der Waals surface area contributed by atoms with Crippen LogP contribution in [0, 0.1) is 19.8 Å². The molecule has 1 aliphatic carbocycles. The molecular formula is C17H24OS. The summed E-state index contributed by atoms with van der Waals surface area (Å²) in [4.78, 5) is 12.5. The van der Waals surface area contributed by atoms with Gasteiger partial charge in [-0.3, -0.25) is 4.79 Å². The van der Waals surface area contributed by atoms with E-state index in [2.05, 4.69) is 19.1 Å². The van der Waals surface area contributed by atoms with Crippen LogP contribution in [0.2, 0.25) is 0 Å². The zero-order valence-corrected chi connectivity index (χ0v) is 13.1. The van der Waals surface area contributed by atoms with Crippen molar-refractivity contribution in [2.75, 3.05) is 5.75 Å². The van der Waals surface area contributed by atoms with E-state index in [1.807, 2.05) is 31.7 Å². The predicted octanol–water partition coefficient (Wildman–Crippen LogP) is 4.80. The molecule has 0 heterocycles. The monoisotopic (exact) mass is 276 g/mol. The van der Waals surface area contributed by atoms with Crippen molar-refractivity contribution < 1.29 is 4.79 Å². The van der Waals surface area contributed by atoms with Gasteiger partial charge in [0.2, 0.25) is 0 Å². The Bertz CT molecular complexity index is 447. The first kappa shape index (κ1) is 14.6. The van der Waals surface area contributed by atoms with E-state index in [4.69, 9.17) is 0 Å². The fourth-order valence-electron chi connectivity index (χ4n) is 2.75. The summed E-state index contributed by atoms with van der Waals surface area (Å²) >= 11 is 1.84. The third-order valence-electron chi connectivity index (χ3n) is 4.08. The van der Waals surface area contributed by atoms with E-state index < -0.39 is 0 Å². The van der Waals surface area contributed by atoms with Crippen molar-refractivity contribution in [3.05, 3.63) is 34.9 Å². The fraction of sp³-hybridized carbons (Fsp3) is 0.588. The number of carbonyl (C=O) groups excluding carboxylic acids is 1. The zero-order chi connectivity index (χ0) is 13.8. The van der Waals surface area contributed by atoms with Gasteiger partial charge in [-0.1, -0.05) is 30.5 Å². The van der Waals surface area contributed by atoms with Gasteiger partial charge in [0.1, 0.15) is 0 Å². The van der Waals surface area contributed by atoms with Gasteiger partial charge in [-0.2, -0.15) is 11.8 Å². The number of aryl methyl sites for hydroxylation is 2. The Hall–Kier alpha value is -0.760. The van der Waals surface area contributed by atoms with Crippen molar-refractivity contribution in [1.82, 2.24) is 0 Å². The van der Waals surface area contributed by atoms with Gasteiger partial charge in [-0.25, -0.2) is 0 Å². The first-order valence-electron chi connectivity index (χ1n) is 7.31. The van der Waals surface area contributed by atoms with Crippen LogP contribution < -0.4 is 0 Å². The maximum atomic E-state index is 12.5. The lowest BCUT2D eigenvalue weighted by Gasteiger charge is -2.15. The normalized spacial score (nSPS) is 17.6. The molecule has 0 aliphatic heterocycles. The van der Waals surface area contributed by atoms with Gasteiger partial charge in [0.25, 0.3) is 0 Å². The lowest BCUT2D eigenvalue weighted by molar-refractivity contribution is 0.0993. The SMILES string of the molecule is Cc1ccc(C)c(C(=O)C(C)SCC2CCCC2)c1. The van der Waals surface area contributed by atoms with Crippen molar-refractivity contribution in [3.63, 3.8) is 0 Å². The Balaban J connectivity index is 1.95. The van der Waals surface area contributed by atoms with Gasteiger partial charge in [0.15, 0.2) is 5.78 Å². The maximum absolute atomic E-state index is 12.5. The highest BCUT2D eigenvalue weighted by Crippen LogP contribution is 2.30. The summed E-state index contributed by atoms with van der Waals surface area (Å²) in [5.74, 6) is 2.29. The topological polar surface area (TPSA) is 17.1 Å². The van der Waals surface area contributed by atoms with E-state index in [-0.39, 0.29) is 5.25 Å². The molecule has 2 rings (SSSR count). The molecule has 1 aromatic rings. The number of rotatable bonds is 5. The standard InChI is InChI=1S/C17H24OS/c1-12-8-9-13(2)16(10-12)17(18)14(3)19-11-15-6-4-5-7-15/h8-10,14-15H,4-7,11H2,1-3H3. The Morgan fingerprint density at radius 2 is 2.00 bits per heavy atom. The van der Waals surface area contributed by atoms with E-state index >= 15 is 0 Å². The quantitative estimate of drug-likeness (QED) is 0.719. The summed E-state index contributed by atoms with van der Waals surface area (Å²) in [6.45, 7) is 6.14. The van der Waals surface area contributed by atoms with Crippen LogP contribution in [0.4, 0.5) is 0 Å². The molecule has 2 heteroatoms. The molecule has 0 amide bonds. The Kier molecular flexibility index (Phi) is 5.09. The summed E-state index contributed by atoms with van der Waals surface area (Å²) in [7, 11) is 0. The molecule has 0 spiro atoms. The van der Waals surface area contributed by atoms with Crippen LogP contribution in [0.15, 0.2) is 18.2 Å². The Morgan fingerprint density at radius 1 is 1.32 bits per heavy atom. The van der Waals surface area contributed by atoms with Crippen molar-refractivity contribution in [2.24, 2.45) is 5.92 Å². The van der Waals surface area contributed by atoms with Crippen LogP contribution in [0.1, 0.15) is 54.1 Å². The minimum absolute atomic E-state index is 0.0844. The summed E-state index contributed by atoms with van der Waals surface area (Å²) in [6.07, 6.45) is 5.48. The van der Waals surface area contributed by atoms with Crippen LogP contribution in [0.25, 0.3) is 0 Å². The second-order valence-electron chi connectivity index (χ2n) is 5.81. The number of hydrogen-bond acceptors (Lipinski definition) is 2. The summed E-state index contributed by atoms with van der Waals surface area (Å²) in [5.41, 5.74) is 3.18. The van der Waals surface area contributed by atoms with E-state index in [0.717, 1.165) is 22.8 Å². The average molecular weight is 276 g/mol. The molecule has 19 heavy (non-hydrogen) atoms. The summed E-state index contributed by atoms with van der Waals surface area (Å²) in [6, 6.07) is 6.16. The third kappa shape index (κ3) is 3.85. The maximum Gasteiger partial charge on any atom is 0.175 e. The molecule has 1 unspecified atom stereocenters. The molecule has 104 valence electrons. The molecule has 0 saturated heterocycles. The number of Topliss-reactive ketones (excluding diaryl/α,β-unsaturated/α-hetero) is 1. The Labute approximate surface area is 121 Å². The van der Waals surface area contributed by atoms with Crippen molar-refractivity contribution in [2.45, 2.75) is 51.7 Å². The zero-order valence-electron chi connectivity index (χ0n) is 12.2. The number of hydrogen-bond donors (Lipinski definition) is 0. The van der Waals surface area contributed by atoms with Crippen LogP contribution in [-0.4, -0.2) is 16.8 Å². The molecule has 1 atom stereocenters. The van der Waals surface area contributed by atoms with Crippen molar-refractivity contribution >= 4 is 17.5 Å². The minimum Gasteiger partial charge on any atom is -0.293 e. The summed E-state index contributed by atoms with van der Waals surface area (Å²) in [5, 5.41) is 0.0844. The number of carbonyl (C=O) groups is 1. The predicted molar refractivity (Wildman–Crippen MR) is 84.1 cm³/mol. The highest BCUT2D eigenvalue weighted by atomic mass is 32.2. The fourth-order valence-corrected chi connectivity index (χ4v) is 3.93. The van der Waals surface area contributed by atoms with E-state index in [1.165, 1.54) is 31.2 Å². The lowest BCUT2D eigenvalue weighted by atomic mass is 10.0. The summed E-state index contributed by atoms with van der Waals surface area (Å²) < 4.78 is 0. The molecule has 0 bridgehead atoms. The minimum atomic E-state index is 0.0844. The molecule has 1 fully saturated rings. The second-order valence-corrected chi connectivity index (χ2v) is 7.18. The first-order chi connectivity index (χ1) is 9.08. The number of ketones is 1. The van der Waals surface area contributed by atoms with Crippen molar-refractivity contribution in [3.8, 4) is 0 Å². The van der Waals surface area contributed by atoms with Gasteiger partial charge < -0.3 is 0 Å². The molecule has 1 aromatic carbocycles. The molecular weight excluding hydrogens is 252 g/mol. The van der Waals surface area contributed by atoms with Crippen LogP contribution in [0.3, 0.4) is 0 Å². The first-order valence-corrected chi connectivity index (χ1v) is 8.36. The van der Waals surface area contributed by atoms with Gasteiger partial charge in [-0.05, 0) is 56.9 Å². The number of thioether (sulfide) groups is 1. The van der Waals surface area contributed by atoms with Crippen LogP contribution in [-0.2, 0) is 0 Å². The smallest absolute Gasteiger partial charge is 0.175 e. The molecule has 0 aromatic heterocycles. The van der Waals surface area contributed by atoms with Gasteiger partial charge in [0.05, 0.1) is 5.25 Å². The molecule has 1 aliphatic rings. The largest absolute Gasteiger partial charge is 0.293 e. The average Bonchev–Trinajstić information content (AvgIpc) is 2.91. The molecule has 1 nitrogen and oxygen atoms in total. The third-order valence-corrected chi connectivity index (χ3v) is 5.46. The van der Waals surface area contributed by atoms with Crippen LogP contribution >= 0.6 is 11.8 Å². The van der Waals surface area contributed by atoms with E-state index in [0.29, 0.717) is 5.78 Å². The molecule has 1 saturated carbocycles. The highest BCUT2D eigenvalue weighted by Gasteiger charge is 2.21. The lowest BCUT2D eigenvalue weighted by Crippen LogP contribution is -2.17. The van der Waals surface area contributed by atoms with E-state index in [9.17, 15) is 4.79 Å². The highest BCUT2D eigenvalue weighted by molar-refractivity contribution is 8.00. The van der Waals surface area contributed by atoms with Gasteiger partial charge in [-0.15, -0.1) is 0 Å².